The van der Waals surface area contributed by atoms with Crippen molar-refractivity contribution in [2.75, 3.05) is 16.0 Å². The van der Waals surface area contributed by atoms with Crippen molar-refractivity contribution in [3.8, 4) is 0 Å². The number of halogens is 1. The Hall–Kier alpha value is -2.45. The van der Waals surface area contributed by atoms with Crippen molar-refractivity contribution in [2.45, 2.75) is 13.8 Å². The zero-order valence-corrected chi connectivity index (χ0v) is 15.9. The third-order valence-electron chi connectivity index (χ3n) is 3.35. The molecule has 3 amide bonds. The first-order chi connectivity index (χ1) is 11.9. The van der Waals surface area contributed by atoms with Gasteiger partial charge in [-0.2, -0.15) is 0 Å². The number of thiazole rings is 1. The second-order valence-corrected chi connectivity index (χ2v) is 7.28. The minimum absolute atomic E-state index is 0.164. The average molecular weight is 419 g/mol. The van der Waals surface area contributed by atoms with Crippen LogP contribution in [0.4, 0.5) is 21.3 Å². The summed E-state index contributed by atoms with van der Waals surface area (Å²) in [5.41, 5.74) is 3.07. The van der Waals surface area contributed by atoms with Crippen LogP contribution in [0.15, 0.2) is 40.9 Å². The van der Waals surface area contributed by atoms with Crippen molar-refractivity contribution < 1.29 is 9.59 Å². The van der Waals surface area contributed by atoms with E-state index in [9.17, 15) is 9.59 Å². The van der Waals surface area contributed by atoms with Gasteiger partial charge in [0.2, 0.25) is 5.91 Å². The highest BCUT2D eigenvalue weighted by atomic mass is 79.9. The third-order valence-corrected chi connectivity index (χ3v) is 4.96. The van der Waals surface area contributed by atoms with Gasteiger partial charge in [0.05, 0.1) is 15.9 Å². The molecule has 0 aliphatic heterocycles. The van der Waals surface area contributed by atoms with Gasteiger partial charge in [-0.1, -0.05) is 23.5 Å². The molecule has 0 aliphatic carbocycles. The van der Waals surface area contributed by atoms with Crippen LogP contribution in [0.25, 0.3) is 10.2 Å². The summed E-state index contributed by atoms with van der Waals surface area (Å²) in [6.45, 7) is 3.36. The van der Waals surface area contributed by atoms with E-state index in [1.165, 1.54) is 18.3 Å². The van der Waals surface area contributed by atoms with Gasteiger partial charge in [0.15, 0.2) is 5.13 Å². The molecule has 8 heteroatoms. The van der Waals surface area contributed by atoms with Crippen LogP contribution in [0.3, 0.4) is 0 Å². The van der Waals surface area contributed by atoms with E-state index in [0.717, 1.165) is 20.3 Å². The van der Waals surface area contributed by atoms with Crippen molar-refractivity contribution >= 4 is 65.9 Å². The predicted molar refractivity (Wildman–Crippen MR) is 105 cm³/mol. The highest BCUT2D eigenvalue weighted by molar-refractivity contribution is 9.10. The number of para-hydroxylation sites is 1. The summed E-state index contributed by atoms with van der Waals surface area (Å²) in [5, 5.41) is 8.84. The number of nitrogens with zero attached hydrogens (tertiary/aromatic N) is 1. The van der Waals surface area contributed by atoms with E-state index in [1.54, 1.807) is 6.07 Å². The molecule has 1 aromatic heterocycles. The fraction of sp³-hybridized carbons (Fsp3) is 0.118. The lowest BCUT2D eigenvalue weighted by atomic mass is 10.2. The Bertz CT molecular complexity index is 970. The SMILES string of the molecule is CC(=O)Nc1nc2c(C)cc(NC(=O)Nc3ccccc3Br)cc2s1. The van der Waals surface area contributed by atoms with Gasteiger partial charge in [-0.15, -0.1) is 0 Å². The molecule has 0 unspecified atom stereocenters. The topological polar surface area (TPSA) is 83.1 Å². The summed E-state index contributed by atoms with van der Waals surface area (Å²) in [6, 6.07) is 10.7. The molecule has 3 aromatic rings. The van der Waals surface area contributed by atoms with Gasteiger partial charge in [-0.3, -0.25) is 4.79 Å². The second kappa shape index (κ2) is 7.20. The Morgan fingerprint density at radius 1 is 1.12 bits per heavy atom. The molecule has 0 bridgehead atoms. The number of carbonyl (C=O) groups excluding carboxylic acids is 2. The molecule has 0 radical (unpaired) electrons. The average Bonchev–Trinajstić information content (AvgIpc) is 2.91. The lowest BCUT2D eigenvalue weighted by Gasteiger charge is -2.09. The van der Waals surface area contributed by atoms with Gasteiger partial charge >= 0.3 is 6.03 Å². The molecule has 25 heavy (non-hydrogen) atoms. The Labute approximate surface area is 156 Å². The molecule has 2 aromatic carbocycles. The molecule has 0 spiro atoms. The Morgan fingerprint density at radius 3 is 2.60 bits per heavy atom. The van der Waals surface area contributed by atoms with Crippen LogP contribution in [0.1, 0.15) is 12.5 Å². The van der Waals surface area contributed by atoms with Crippen molar-refractivity contribution in [2.24, 2.45) is 0 Å². The first-order valence-electron chi connectivity index (χ1n) is 7.43. The van der Waals surface area contributed by atoms with Crippen LogP contribution in [0, 0.1) is 6.92 Å². The molecule has 1 heterocycles. The highest BCUT2D eigenvalue weighted by Gasteiger charge is 2.11. The number of nitrogens with one attached hydrogen (secondary N) is 3. The van der Waals surface area contributed by atoms with E-state index in [4.69, 9.17) is 0 Å². The number of carbonyl (C=O) groups is 2. The standard InChI is InChI=1S/C17H15BrN4O2S/c1-9-7-11(8-14-15(9)22-17(25-14)19-10(2)23)20-16(24)21-13-6-4-3-5-12(13)18/h3-8H,1-2H3,(H,19,22,23)(H2,20,21,24). The van der Waals surface area contributed by atoms with Crippen molar-refractivity contribution in [1.29, 1.82) is 0 Å². The number of aryl methyl sites for hydroxylation is 1. The van der Waals surface area contributed by atoms with Crippen molar-refractivity contribution in [3.05, 3.63) is 46.4 Å². The molecule has 0 fully saturated rings. The van der Waals surface area contributed by atoms with Crippen LogP contribution < -0.4 is 16.0 Å². The largest absolute Gasteiger partial charge is 0.323 e. The number of aromatic nitrogens is 1. The minimum Gasteiger partial charge on any atom is -0.308 e. The summed E-state index contributed by atoms with van der Waals surface area (Å²) in [4.78, 5) is 27.8. The first kappa shape index (κ1) is 17.4. The van der Waals surface area contributed by atoms with Crippen LogP contribution in [-0.4, -0.2) is 16.9 Å². The zero-order valence-electron chi connectivity index (χ0n) is 13.5. The van der Waals surface area contributed by atoms with E-state index in [2.05, 4.69) is 36.9 Å². The number of hydrogen-bond acceptors (Lipinski definition) is 4. The van der Waals surface area contributed by atoms with E-state index >= 15 is 0 Å². The molecular formula is C17H15BrN4O2S. The van der Waals surface area contributed by atoms with Gasteiger partial charge in [-0.25, -0.2) is 9.78 Å². The van der Waals surface area contributed by atoms with Crippen LogP contribution in [-0.2, 0) is 4.79 Å². The summed E-state index contributed by atoms with van der Waals surface area (Å²) >= 11 is 4.76. The number of anilines is 3. The van der Waals surface area contributed by atoms with Crippen LogP contribution in [0.2, 0.25) is 0 Å². The fourth-order valence-electron chi connectivity index (χ4n) is 2.32. The molecule has 0 saturated heterocycles. The summed E-state index contributed by atoms with van der Waals surface area (Å²) in [6.07, 6.45) is 0. The smallest absolute Gasteiger partial charge is 0.308 e. The van der Waals surface area contributed by atoms with Gasteiger partial charge in [0.1, 0.15) is 0 Å². The lowest BCUT2D eigenvalue weighted by Crippen LogP contribution is -2.19. The number of rotatable bonds is 3. The molecule has 3 N–H and O–H groups in total. The molecule has 0 atom stereocenters. The molecule has 6 nitrogen and oxygen atoms in total. The number of hydrogen-bond donors (Lipinski definition) is 3. The van der Waals surface area contributed by atoms with E-state index in [-0.39, 0.29) is 11.9 Å². The summed E-state index contributed by atoms with van der Waals surface area (Å²) in [7, 11) is 0. The maximum Gasteiger partial charge on any atom is 0.323 e. The normalized spacial score (nSPS) is 10.5. The predicted octanol–water partition coefficient (Wildman–Crippen LogP) is 4.97. The molecule has 128 valence electrons. The van der Waals surface area contributed by atoms with E-state index < -0.39 is 0 Å². The molecule has 0 aliphatic rings. The van der Waals surface area contributed by atoms with Crippen LogP contribution in [0.5, 0.6) is 0 Å². The maximum atomic E-state index is 12.2. The Morgan fingerprint density at radius 2 is 1.88 bits per heavy atom. The molecule has 0 saturated carbocycles. The van der Waals surface area contributed by atoms with E-state index in [1.807, 2.05) is 37.3 Å². The quantitative estimate of drug-likeness (QED) is 0.561. The fourth-order valence-corrected chi connectivity index (χ4v) is 3.73. The van der Waals surface area contributed by atoms with Crippen molar-refractivity contribution in [1.82, 2.24) is 4.98 Å². The summed E-state index contributed by atoms with van der Waals surface area (Å²) in [5.74, 6) is -0.164. The first-order valence-corrected chi connectivity index (χ1v) is 9.04. The highest BCUT2D eigenvalue weighted by Crippen LogP contribution is 2.31. The summed E-state index contributed by atoms with van der Waals surface area (Å²) < 4.78 is 1.69. The lowest BCUT2D eigenvalue weighted by molar-refractivity contribution is -0.114. The number of benzene rings is 2. The van der Waals surface area contributed by atoms with Gasteiger partial charge in [0, 0.05) is 17.1 Å². The number of amides is 3. The molecule has 3 rings (SSSR count). The van der Waals surface area contributed by atoms with Gasteiger partial charge in [-0.05, 0) is 52.7 Å². The van der Waals surface area contributed by atoms with Gasteiger partial charge < -0.3 is 16.0 Å². The van der Waals surface area contributed by atoms with Crippen LogP contribution >= 0.6 is 27.3 Å². The van der Waals surface area contributed by atoms with Gasteiger partial charge in [0.25, 0.3) is 0 Å². The Kier molecular flexibility index (Phi) is 5.00. The Balaban J connectivity index is 1.80. The number of fused-ring (bicyclic) bond motifs is 1. The van der Waals surface area contributed by atoms with Crippen molar-refractivity contribution in [3.63, 3.8) is 0 Å². The minimum atomic E-state index is -0.336. The molecular weight excluding hydrogens is 404 g/mol. The second-order valence-electron chi connectivity index (χ2n) is 5.40. The van der Waals surface area contributed by atoms with E-state index in [0.29, 0.717) is 16.5 Å². The maximum absolute atomic E-state index is 12.2. The zero-order chi connectivity index (χ0) is 18.0. The third kappa shape index (κ3) is 4.15. The monoisotopic (exact) mass is 418 g/mol. The number of urea groups is 1.